The van der Waals surface area contributed by atoms with Gasteiger partial charge in [-0.15, -0.1) is 0 Å². The maximum absolute atomic E-state index is 12.4. The van der Waals surface area contributed by atoms with Gasteiger partial charge in [0.05, 0.1) is 18.5 Å². The van der Waals surface area contributed by atoms with E-state index in [0.717, 1.165) is 42.0 Å². The molecule has 1 N–H and O–H groups in total. The number of unbranched alkanes of at least 4 members (excludes halogenated alkanes) is 2. The molecule has 5 heteroatoms. The number of amides is 1. The number of hydrogen-bond acceptors (Lipinski definition) is 3. The second kappa shape index (κ2) is 9.22. The molecule has 0 atom stereocenters. The fourth-order valence-electron chi connectivity index (χ4n) is 3.00. The summed E-state index contributed by atoms with van der Waals surface area (Å²) in [5.41, 5.74) is 3.85. The van der Waals surface area contributed by atoms with Crippen molar-refractivity contribution in [2.75, 3.05) is 12.4 Å². The van der Waals surface area contributed by atoms with Crippen LogP contribution in [0.2, 0.25) is 0 Å². The molecule has 1 amide bonds. The lowest BCUT2D eigenvalue weighted by Crippen LogP contribution is -2.14. The van der Waals surface area contributed by atoms with Crippen LogP contribution in [0.4, 0.5) is 5.82 Å². The second-order valence-electron chi connectivity index (χ2n) is 6.90. The Balaban J connectivity index is 1.92. The zero-order chi connectivity index (χ0) is 19.9. The molecule has 5 nitrogen and oxygen atoms in total. The van der Waals surface area contributed by atoms with E-state index in [1.807, 2.05) is 61.5 Å². The van der Waals surface area contributed by atoms with Gasteiger partial charge < -0.3 is 10.1 Å². The van der Waals surface area contributed by atoms with Gasteiger partial charge in [0, 0.05) is 18.1 Å². The summed E-state index contributed by atoms with van der Waals surface area (Å²) in [6, 6.07) is 17.8. The van der Waals surface area contributed by atoms with Crippen LogP contribution in [0.3, 0.4) is 0 Å². The SMILES string of the molecule is CCCCCC(=O)Nc1cc(-c2ccc(OC)cc2)nn1-c1ccc(C)cc1. The average molecular weight is 377 g/mol. The molecule has 1 aromatic heterocycles. The van der Waals surface area contributed by atoms with Crippen LogP contribution >= 0.6 is 0 Å². The van der Waals surface area contributed by atoms with E-state index in [2.05, 4.69) is 12.2 Å². The molecule has 0 saturated heterocycles. The lowest BCUT2D eigenvalue weighted by atomic mass is 10.1. The van der Waals surface area contributed by atoms with Gasteiger partial charge in [0.25, 0.3) is 0 Å². The molecular weight excluding hydrogens is 350 g/mol. The number of carbonyl (C=O) groups excluding carboxylic acids is 1. The Labute approximate surface area is 166 Å². The van der Waals surface area contributed by atoms with Crippen molar-refractivity contribution in [3.63, 3.8) is 0 Å². The number of anilines is 1. The summed E-state index contributed by atoms with van der Waals surface area (Å²) in [6.07, 6.45) is 3.56. The van der Waals surface area contributed by atoms with Gasteiger partial charge in [-0.3, -0.25) is 4.79 Å². The van der Waals surface area contributed by atoms with Crippen LogP contribution < -0.4 is 10.1 Å². The van der Waals surface area contributed by atoms with Crippen LogP contribution in [0.5, 0.6) is 5.75 Å². The molecular formula is C23H27N3O2. The highest BCUT2D eigenvalue weighted by Crippen LogP contribution is 2.26. The van der Waals surface area contributed by atoms with E-state index < -0.39 is 0 Å². The molecule has 0 aliphatic carbocycles. The van der Waals surface area contributed by atoms with Gasteiger partial charge in [-0.2, -0.15) is 5.10 Å². The van der Waals surface area contributed by atoms with Gasteiger partial charge in [-0.25, -0.2) is 4.68 Å². The number of carbonyl (C=O) groups is 1. The van der Waals surface area contributed by atoms with E-state index in [-0.39, 0.29) is 5.91 Å². The molecule has 0 unspecified atom stereocenters. The second-order valence-corrected chi connectivity index (χ2v) is 6.90. The van der Waals surface area contributed by atoms with E-state index in [4.69, 9.17) is 9.84 Å². The molecule has 0 spiro atoms. The lowest BCUT2D eigenvalue weighted by Gasteiger charge is -2.09. The van der Waals surface area contributed by atoms with E-state index >= 15 is 0 Å². The smallest absolute Gasteiger partial charge is 0.225 e. The highest BCUT2D eigenvalue weighted by molar-refractivity contribution is 5.90. The van der Waals surface area contributed by atoms with Crippen LogP contribution in [0.15, 0.2) is 54.6 Å². The normalized spacial score (nSPS) is 10.7. The average Bonchev–Trinajstić information content (AvgIpc) is 3.12. The first-order valence-corrected chi connectivity index (χ1v) is 9.72. The van der Waals surface area contributed by atoms with Crippen molar-refractivity contribution in [2.24, 2.45) is 0 Å². The summed E-state index contributed by atoms with van der Waals surface area (Å²) in [6.45, 7) is 4.18. The van der Waals surface area contributed by atoms with Gasteiger partial charge in [-0.1, -0.05) is 37.5 Å². The Morgan fingerprint density at radius 3 is 2.43 bits per heavy atom. The highest BCUT2D eigenvalue weighted by atomic mass is 16.5. The van der Waals surface area contributed by atoms with E-state index in [1.54, 1.807) is 11.8 Å². The molecule has 0 bridgehead atoms. The number of aryl methyl sites for hydroxylation is 1. The molecule has 0 radical (unpaired) electrons. The number of benzene rings is 2. The van der Waals surface area contributed by atoms with Crippen LogP contribution in [-0.2, 0) is 4.79 Å². The molecule has 0 aliphatic heterocycles. The first kappa shape index (κ1) is 19.7. The fraction of sp³-hybridized carbons (Fsp3) is 0.304. The molecule has 28 heavy (non-hydrogen) atoms. The summed E-state index contributed by atoms with van der Waals surface area (Å²) in [7, 11) is 1.65. The quantitative estimate of drug-likeness (QED) is 0.537. The third-order valence-electron chi connectivity index (χ3n) is 4.65. The van der Waals surface area contributed by atoms with Crippen LogP contribution in [0.1, 0.15) is 38.2 Å². The van der Waals surface area contributed by atoms with Gasteiger partial charge in [0.2, 0.25) is 5.91 Å². The maximum atomic E-state index is 12.4. The third-order valence-corrected chi connectivity index (χ3v) is 4.65. The Morgan fingerprint density at radius 1 is 1.07 bits per heavy atom. The summed E-state index contributed by atoms with van der Waals surface area (Å²) in [5, 5.41) is 7.78. The topological polar surface area (TPSA) is 56.1 Å². The zero-order valence-corrected chi connectivity index (χ0v) is 16.7. The zero-order valence-electron chi connectivity index (χ0n) is 16.7. The van der Waals surface area contributed by atoms with Crippen molar-refractivity contribution < 1.29 is 9.53 Å². The Bertz CT molecular complexity index is 912. The van der Waals surface area contributed by atoms with Crippen molar-refractivity contribution in [2.45, 2.75) is 39.5 Å². The fourth-order valence-corrected chi connectivity index (χ4v) is 3.00. The Morgan fingerprint density at radius 2 is 1.79 bits per heavy atom. The molecule has 146 valence electrons. The lowest BCUT2D eigenvalue weighted by molar-refractivity contribution is -0.116. The van der Waals surface area contributed by atoms with Gasteiger partial charge in [-0.05, 0) is 49.7 Å². The molecule has 0 fully saturated rings. The summed E-state index contributed by atoms with van der Waals surface area (Å²) < 4.78 is 7.02. The Kier molecular flexibility index (Phi) is 6.48. The third kappa shape index (κ3) is 4.80. The predicted molar refractivity (Wildman–Crippen MR) is 113 cm³/mol. The summed E-state index contributed by atoms with van der Waals surface area (Å²) in [5.74, 6) is 1.49. The Hall–Kier alpha value is -3.08. The standard InChI is InChI=1S/C23H27N3O2/c1-4-5-6-7-23(27)24-22-16-21(18-10-14-20(28-3)15-11-18)25-26(22)19-12-8-17(2)9-13-19/h8-16H,4-7H2,1-3H3,(H,24,27). The number of rotatable bonds is 8. The number of hydrogen-bond donors (Lipinski definition) is 1. The van der Waals surface area contributed by atoms with Crippen molar-refractivity contribution in [1.29, 1.82) is 0 Å². The van der Waals surface area contributed by atoms with Crippen molar-refractivity contribution in [3.05, 3.63) is 60.2 Å². The largest absolute Gasteiger partial charge is 0.497 e. The molecule has 3 rings (SSSR count). The van der Waals surface area contributed by atoms with Crippen molar-refractivity contribution in [3.8, 4) is 22.7 Å². The minimum atomic E-state index is 0.0167. The molecule has 0 aliphatic rings. The highest BCUT2D eigenvalue weighted by Gasteiger charge is 2.14. The number of nitrogens with one attached hydrogen (secondary N) is 1. The van der Waals surface area contributed by atoms with E-state index in [9.17, 15) is 4.79 Å². The molecule has 3 aromatic rings. The first-order valence-electron chi connectivity index (χ1n) is 9.72. The minimum Gasteiger partial charge on any atom is -0.497 e. The molecule has 1 heterocycles. The predicted octanol–water partition coefficient (Wildman–Crippen LogP) is 5.38. The number of nitrogens with zero attached hydrogens (tertiary/aromatic N) is 2. The van der Waals surface area contributed by atoms with E-state index in [1.165, 1.54) is 5.56 Å². The van der Waals surface area contributed by atoms with Gasteiger partial charge in [0.15, 0.2) is 0 Å². The maximum Gasteiger partial charge on any atom is 0.225 e. The van der Waals surface area contributed by atoms with Crippen LogP contribution in [-0.4, -0.2) is 22.8 Å². The first-order chi connectivity index (χ1) is 13.6. The van der Waals surface area contributed by atoms with Gasteiger partial charge >= 0.3 is 0 Å². The van der Waals surface area contributed by atoms with Crippen molar-refractivity contribution in [1.82, 2.24) is 9.78 Å². The monoisotopic (exact) mass is 377 g/mol. The number of methoxy groups -OCH3 is 1. The number of ether oxygens (including phenoxy) is 1. The molecule has 2 aromatic carbocycles. The van der Waals surface area contributed by atoms with Crippen LogP contribution in [0, 0.1) is 6.92 Å². The van der Waals surface area contributed by atoms with E-state index in [0.29, 0.717) is 12.2 Å². The summed E-state index contributed by atoms with van der Waals surface area (Å²) >= 11 is 0. The van der Waals surface area contributed by atoms with Gasteiger partial charge in [0.1, 0.15) is 11.6 Å². The van der Waals surface area contributed by atoms with Crippen LogP contribution in [0.25, 0.3) is 16.9 Å². The number of aromatic nitrogens is 2. The summed E-state index contributed by atoms with van der Waals surface area (Å²) in [4.78, 5) is 12.4. The van der Waals surface area contributed by atoms with Crippen molar-refractivity contribution >= 4 is 11.7 Å². The molecule has 0 saturated carbocycles. The minimum absolute atomic E-state index is 0.0167.